The molecule has 0 saturated carbocycles. The third-order valence-electron chi connectivity index (χ3n) is 5.01. The van der Waals surface area contributed by atoms with E-state index in [0.717, 1.165) is 22.5 Å². The van der Waals surface area contributed by atoms with Gasteiger partial charge in [0, 0.05) is 50.6 Å². The predicted molar refractivity (Wildman–Crippen MR) is 130 cm³/mol. The van der Waals surface area contributed by atoms with Crippen LogP contribution in [0.5, 0.6) is 0 Å². The van der Waals surface area contributed by atoms with Crippen LogP contribution in [0.3, 0.4) is 0 Å². The minimum absolute atomic E-state index is 0. The summed E-state index contributed by atoms with van der Waals surface area (Å²) in [4.78, 5) is 16.3. The first-order valence-corrected chi connectivity index (χ1v) is 9.65. The van der Waals surface area contributed by atoms with Gasteiger partial charge in [-0.1, -0.05) is 30.3 Å². The monoisotopic (exact) mass is 516 g/mol. The third-order valence-corrected chi connectivity index (χ3v) is 5.01. The molecule has 0 bridgehead atoms. The minimum Gasteiger partial charge on any atom is -0.356 e. The number of nitrogens with one attached hydrogen (secondary N) is 3. The molecule has 156 valence electrons. The maximum absolute atomic E-state index is 12.0. The summed E-state index contributed by atoms with van der Waals surface area (Å²) in [6.07, 6.45) is 4.15. The van der Waals surface area contributed by atoms with Crippen molar-refractivity contribution in [1.29, 1.82) is 0 Å². The fourth-order valence-corrected chi connectivity index (χ4v) is 3.50. The number of guanidine groups is 1. The van der Waals surface area contributed by atoms with Crippen LogP contribution in [0.1, 0.15) is 23.5 Å². The van der Waals surface area contributed by atoms with E-state index in [1.54, 1.807) is 13.2 Å². The number of carbonyl (C=O) groups is 1. The number of para-hydroxylation sites is 1. The molecule has 0 spiro atoms. The number of hydrogen-bond acceptors (Lipinski definition) is 3. The van der Waals surface area contributed by atoms with Crippen LogP contribution in [-0.2, 0) is 11.3 Å². The van der Waals surface area contributed by atoms with Crippen LogP contribution in [0.25, 0.3) is 5.69 Å². The summed E-state index contributed by atoms with van der Waals surface area (Å²) >= 11 is 0. The summed E-state index contributed by atoms with van der Waals surface area (Å²) in [5.41, 5.74) is 4.22. The number of aliphatic imine (C=N–C) groups is 1. The molecule has 1 aliphatic rings. The SMILES string of the molecule is CN=C(NCc1ccc(-n2cccn2)cc1)NCC1CC(=O)Nc2ccccc21.I. The second kappa shape index (κ2) is 10.2. The Kier molecular flexibility index (Phi) is 7.45. The van der Waals surface area contributed by atoms with Gasteiger partial charge in [0.25, 0.3) is 0 Å². The molecular weight excluding hydrogens is 491 g/mol. The summed E-state index contributed by atoms with van der Waals surface area (Å²) < 4.78 is 1.83. The number of fused-ring (bicyclic) bond motifs is 1. The van der Waals surface area contributed by atoms with E-state index >= 15 is 0 Å². The lowest BCUT2D eigenvalue weighted by Gasteiger charge is -2.26. The maximum Gasteiger partial charge on any atom is 0.225 e. The Hall–Kier alpha value is -2.88. The number of carbonyl (C=O) groups excluding carboxylic acids is 1. The molecule has 3 aromatic rings. The summed E-state index contributed by atoms with van der Waals surface area (Å²) in [5.74, 6) is 0.882. The number of anilines is 1. The zero-order chi connectivity index (χ0) is 20.1. The Labute approximate surface area is 193 Å². The second-order valence-electron chi connectivity index (χ2n) is 6.96. The average Bonchev–Trinajstić information content (AvgIpc) is 3.29. The number of nitrogens with zero attached hydrogens (tertiary/aromatic N) is 3. The molecule has 8 heteroatoms. The lowest BCUT2D eigenvalue weighted by atomic mass is 9.90. The highest BCUT2D eigenvalue weighted by molar-refractivity contribution is 14.0. The van der Waals surface area contributed by atoms with Crippen molar-refractivity contribution in [3.63, 3.8) is 0 Å². The average molecular weight is 516 g/mol. The van der Waals surface area contributed by atoms with Crippen molar-refractivity contribution in [2.45, 2.75) is 18.9 Å². The number of rotatable bonds is 5. The molecule has 0 fully saturated rings. The maximum atomic E-state index is 12.0. The van der Waals surface area contributed by atoms with Crippen LogP contribution in [0.2, 0.25) is 0 Å². The third kappa shape index (κ3) is 5.18. The number of amides is 1. The summed E-state index contributed by atoms with van der Waals surface area (Å²) in [7, 11) is 1.75. The van der Waals surface area contributed by atoms with Gasteiger partial charge in [0.1, 0.15) is 0 Å². The van der Waals surface area contributed by atoms with Gasteiger partial charge in [0.15, 0.2) is 5.96 Å². The molecule has 7 nitrogen and oxygen atoms in total. The molecule has 1 aliphatic heterocycles. The van der Waals surface area contributed by atoms with Gasteiger partial charge in [-0.3, -0.25) is 9.79 Å². The molecule has 1 atom stereocenters. The van der Waals surface area contributed by atoms with Crippen LogP contribution in [0.15, 0.2) is 72.0 Å². The summed E-state index contributed by atoms with van der Waals surface area (Å²) in [5, 5.41) is 13.9. The topological polar surface area (TPSA) is 83.3 Å². The van der Waals surface area contributed by atoms with Gasteiger partial charge in [0.05, 0.1) is 5.69 Å². The van der Waals surface area contributed by atoms with Gasteiger partial charge in [-0.05, 0) is 35.4 Å². The minimum atomic E-state index is 0. The van der Waals surface area contributed by atoms with Gasteiger partial charge >= 0.3 is 0 Å². The van der Waals surface area contributed by atoms with Crippen molar-refractivity contribution in [3.05, 3.63) is 78.1 Å². The van der Waals surface area contributed by atoms with Crippen LogP contribution in [-0.4, -0.2) is 35.2 Å². The first-order valence-electron chi connectivity index (χ1n) is 9.65. The fourth-order valence-electron chi connectivity index (χ4n) is 3.50. The largest absolute Gasteiger partial charge is 0.356 e. The van der Waals surface area contributed by atoms with Crippen LogP contribution >= 0.6 is 24.0 Å². The molecule has 0 radical (unpaired) electrons. The van der Waals surface area contributed by atoms with Gasteiger partial charge < -0.3 is 16.0 Å². The van der Waals surface area contributed by atoms with Gasteiger partial charge in [0.2, 0.25) is 5.91 Å². The molecule has 2 heterocycles. The predicted octanol–water partition coefficient (Wildman–Crippen LogP) is 3.28. The van der Waals surface area contributed by atoms with Crippen LogP contribution in [0.4, 0.5) is 5.69 Å². The van der Waals surface area contributed by atoms with Gasteiger partial charge in [-0.2, -0.15) is 5.10 Å². The first kappa shape index (κ1) is 21.8. The van der Waals surface area contributed by atoms with Crippen molar-refractivity contribution in [3.8, 4) is 5.69 Å². The Balaban J connectivity index is 0.00000256. The van der Waals surface area contributed by atoms with E-state index in [1.807, 2.05) is 47.3 Å². The Morgan fingerprint density at radius 1 is 1.17 bits per heavy atom. The second-order valence-corrected chi connectivity index (χ2v) is 6.96. The molecule has 0 aliphatic carbocycles. The molecule has 0 saturated heterocycles. The lowest BCUT2D eigenvalue weighted by molar-refractivity contribution is -0.116. The van der Waals surface area contributed by atoms with Crippen molar-refractivity contribution < 1.29 is 4.79 Å². The van der Waals surface area contributed by atoms with Crippen LogP contribution < -0.4 is 16.0 Å². The van der Waals surface area contributed by atoms with E-state index in [9.17, 15) is 4.79 Å². The van der Waals surface area contributed by atoms with E-state index < -0.39 is 0 Å². The molecule has 3 N–H and O–H groups in total. The van der Waals surface area contributed by atoms with Crippen molar-refractivity contribution in [2.75, 3.05) is 18.9 Å². The Bertz CT molecular complexity index is 1000. The number of aromatic nitrogens is 2. The molecule has 1 unspecified atom stereocenters. The quantitative estimate of drug-likeness (QED) is 0.276. The van der Waals surface area contributed by atoms with Crippen LogP contribution in [0, 0.1) is 0 Å². The molecular formula is C22H25IN6O. The lowest BCUT2D eigenvalue weighted by Crippen LogP contribution is -2.40. The van der Waals surface area contributed by atoms with Gasteiger partial charge in [-0.25, -0.2) is 4.68 Å². The number of benzene rings is 2. The van der Waals surface area contributed by atoms with E-state index in [4.69, 9.17) is 0 Å². The number of halogens is 1. The Morgan fingerprint density at radius 2 is 1.97 bits per heavy atom. The van der Waals surface area contributed by atoms with E-state index in [-0.39, 0.29) is 35.8 Å². The van der Waals surface area contributed by atoms with E-state index in [0.29, 0.717) is 25.5 Å². The smallest absolute Gasteiger partial charge is 0.225 e. The van der Waals surface area contributed by atoms with Crippen molar-refractivity contribution in [2.24, 2.45) is 4.99 Å². The zero-order valence-electron chi connectivity index (χ0n) is 16.7. The molecule has 1 aromatic heterocycles. The van der Waals surface area contributed by atoms with Crippen molar-refractivity contribution in [1.82, 2.24) is 20.4 Å². The molecule has 1 amide bonds. The van der Waals surface area contributed by atoms with E-state index in [2.05, 4.69) is 44.2 Å². The normalized spacial score (nSPS) is 15.6. The molecule has 2 aromatic carbocycles. The highest BCUT2D eigenvalue weighted by Gasteiger charge is 2.24. The fraction of sp³-hybridized carbons (Fsp3) is 0.227. The summed E-state index contributed by atoms with van der Waals surface area (Å²) in [6, 6.07) is 18.1. The summed E-state index contributed by atoms with van der Waals surface area (Å²) in [6.45, 7) is 1.29. The molecule has 4 rings (SSSR count). The molecule has 30 heavy (non-hydrogen) atoms. The number of hydrogen-bond donors (Lipinski definition) is 3. The van der Waals surface area contributed by atoms with E-state index in [1.165, 1.54) is 0 Å². The standard InChI is InChI=1S/C22H24N6O.HI/c1-23-22(24-14-16-7-9-18(10-8-16)28-12-4-11-26-28)25-15-17-13-21(29)27-20-6-3-2-5-19(17)20;/h2-12,17H,13-15H2,1H3,(H,27,29)(H2,23,24,25);1H. The zero-order valence-corrected chi connectivity index (χ0v) is 19.0. The van der Waals surface area contributed by atoms with Gasteiger partial charge in [-0.15, -0.1) is 24.0 Å². The Morgan fingerprint density at radius 3 is 2.70 bits per heavy atom. The first-order chi connectivity index (χ1) is 14.2. The highest BCUT2D eigenvalue weighted by atomic mass is 127. The van der Waals surface area contributed by atoms with Crippen molar-refractivity contribution >= 4 is 41.5 Å². The highest BCUT2D eigenvalue weighted by Crippen LogP contribution is 2.31.